The fourth-order valence-corrected chi connectivity index (χ4v) is 5.88. The molecular weight excluding hydrogens is 822 g/mol. The summed E-state index contributed by atoms with van der Waals surface area (Å²) in [6.07, 6.45) is 44.7. The Kier molecular flexibility index (Phi) is 37.5. The molecule has 0 rings (SSSR count). The van der Waals surface area contributed by atoms with Gasteiger partial charge in [-0.1, -0.05) is 148 Å². The molecule has 1 unspecified atom stereocenters. The van der Waals surface area contributed by atoms with Gasteiger partial charge < -0.3 is 43.2 Å². The van der Waals surface area contributed by atoms with Crippen LogP contribution in [0, 0.1) is 0 Å². The summed E-state index contributed by atoms with van der Waals surface area (Å²) in [6, 6.07) is 0. The van der Waals surface area contributed by atoms with Crippen molar-refractivity contribution in [3.8, 4) is 0 Å². The third-order valence-corrected chi connectivity index (χ3v) is 9.79. The molecular formula is C50H80NO11P. The summed E-state index contributed by atoms with van der Waals surface area (Å²) >= 11 is 0. The van der Waals surface area contributed by atoms with Crippen LogP contribution < -0.4 is 4.89 Å². The lowest BCUT2D eigenvalue weighted by molar-refractivity contribution is -0.870. The lowest BCUT2D eigenvalue weighted by Gasteiger charge is -2.28. The van der Waals surface area contributed by atoms with Gasteiger partial charge in [0.25, 0.3) is 7.82 Å². The second-order valence-corrected chi connectivity index (χ2v) is 17.3. The summed E-state index contributed by atoms with van der Waals surface area (Å²) in [5, 5.41) is 30.5. The minimum Gasteiger partial charge on any atom is -0.756 e. The molecule has 0 aromatic rings. The Hall–Kier alpha value is -3.71. The average Bonchev–Trinajstić information content (AvgIpc) is 3.23. The summed E-state index contributed by atoms with van der Waals surface area (Å²) in [5.41, 5.74) is 0. The van der Waals surface area contributed by atoms with Gasteiger partial charge in [-0.2, -0.15) is 0 Å². The maximum Gasteiger partial charge on any atom is 0.306 e. The minimum atomic E-state index is -4.75. The highest BCUT2D eigenvalue weighted by atomic mass is 31.2. The first kappa shape index (κ1) is 59.3. The SMILES string of the molecule is CC/C=C\C[C@H](O)/C=C/C=C/C=C\C=C/[C@@H](O)[C@H](O)CCCC(=O)O[C@H](COC(=O)CC/C=C\C/C=C\C/C=C\C/C=C\C/C=C\CCCCC)COP(=O)([O-])OCC[N+](C)(C)C. The third kappa shape index (κ3) is 42.0. The molecule has 63 heavy (non-hydrogen) atoms. The molecule has 0 heterocycles. The number of quaternary nitrogens is 1. The lowest BCUT2D eigenvalue weighted by atomic mass is 10.1. The first-order valence-corrected chi connectivity index (χ1v) is 24.0. The third-order valence-electron chi connectivity index (χ3n) is 8.82. The molecule has 3 N–H and O–H groups in total. The second kappa shape index (κ2) is 39.8. The van der Waals surface area contributed by atoms with Crippen molar-refractivity contribution in [2.75, 3.05) is 47.5 Å². The molecule has 0 radical (unpaired) electrons. The molecule has 356 valence electrons. The fourth-order valence-electron chi connectivity index (χ4n) is 5.15. The summed E-state index contributed by atoms with van der Waals surface area (Å²) in [7, 11) is 0.885. The average molecular weight is 902 g/mol. The number of aliphatic hydroxyl groups excluding tert-OH is 3. The van der Waals surface area contributed by atoms with Crippen LogP contribution in [0.4, 0.5) is 0 Å². The monoisotopic (exact) mass is 902 g/mol. The van der Waals surface area contributed by atoms with Gasteiger partial charge in [0, 0.05) is 12.8 Å². The molecule has 0 bridgehead atoms. The van der Waals surface area contributed by atoms with Crippen LogP contribution >= 0.6 is 7.82 Å². The molecule has 0 saturated carbocycles. The van der Waals surface area contributed by atoms with Gasteiger partial charge in [-0.3, -0.25) is 14.2 Å². The van der Waals surface area contributed by atoms with Crippen LogP contribution in [0.2, 0.25) is 0 Å². The Morgan fingerprint density at radius 1 is 0.651 bits per heavy atom. The molecule has 0 aromatic carbocycles. The van der Waals surface area contributed by atoms with E-state index >= 15 is 0 Å². The number of nitrogens with zero attached hydrogens (tertiary/aromatic N) is 1. The van der Waals surface area contributed by atoms with Crippen molar-refractivity contribution in [1.29, 1.82) is 0 Å². The predicted molar refractivity (Wildman–Crippen MR) is 253 cm³/mol. The standard InChI is InChI=1S/C50H80NO11P/c1-6-8-10-11-12-13-14-15-16-17-18-19-20-21-22-23-24-29-33-39-49(55)59-43-46(44-61-63(57,58)60-42-41-51(3,4)5)62-50(56)40-34-38-48(54)47(53)37-32-28-26-25-27-31-36-45(52)35-30-9-7-2/h9,12-13,15-16,18-19,21-22,24-32,36-37,45-48,52-54H,6-8,10-11,14,17,20,23,33-35,38-44H2,1-5H3/b13-12-,16-15-,19-18-,22-21-,27-25+,28-26-,29-24-,30-9-,36-31+,37-32-/t45-,46+,47+,48+/m0/s1. The molecule has 12 nitrogen and oxygen atoms in total. The van der Waals surface area contributed by atoms with Crippen LogP contribution in [0.5, 0.6) is 0 Å². The Bertz CT molecular complexity index is 1530. The topological polar surface area (TPSA) is 172 Å². The Labute approximate surface area is 379 Å². The van der Waals surface area contributed by atoms with Crippen molar-refractivity contribution in [2.24, 2.45) is 0 Å². The van der Waals surface area contributed by atoms with Crippen LogP contribution in [0.25, 0.3) is 0 Å². The number of hydrogen-bond donors (Lipinski definition) is 3. The Balaban J connectivity index is 4.81. The minimum absolute atomic E-state index is 0.0712. The van der Waals surface area contributed by atoms with E-state index in [1.807, 2.05) is 52.4 Å². The van der Waals surface area contributed by atoms with E-state index in [1.165, 1.54) is 25.3 Å². The first-order valence-electron chi connectivity index (χ1n) is 22.6. The van der Waals surface area contributed by atoms with E-state index in [4.69, 9.17) is 18.5 Å². The number of ether oxygens (including phenoxy) is 2. The zero-order valence-corrected chi connectivity index (χ0v) is 39.7. The number of carbonyl (C=O) groups is 2. The molecule has 0 aliphatic rings. The molecule has 0 aromatic heterocycles. The van der Waals surface area contributed by atoms with Gasteiger partial charge in [0.05, 0.1) is 46.1 Å². The zero-order chi connectivity index (χ0) is 46.9. The maximum atomic E-state index is 12.7. The van der Waals surface area contributed by atoms with Gasteiger partial charge in [-0.05, 0) is 70.6 Å². The summed E-state index contributed by atoms with van der Waals surface area (Å²) < 4.78 is 33.5. The highest BCUT2D eigenvalue weighted by Crippen LogP contribution is 2.38. The van der Waals surface area contributed by atoms with E-state index < -0.39 is 57.4 Å². The zero-order valence-electron chi connectivity index (χ0n) is 38.8. The molecule has 13 heteroatoms. The molecule has 0 saturated heterocycles. The maximum absolute atomic E-state index is 12.7. The Morgan fingerprint density at radius 3 is 1.81 bits per heavy atom. The van der Waals surface area contributed by atoms with Gasteiger partial charge in [-0.25, -0.2) is 0 Å². The van der Waals surface area contributed by atoms with Gasteiger partial charge in [0.1, 0.15) is 19.8 Å². The Morgan fingerprint density at radius 2 is 1.22 bits per heavy atom. The van der Waals surface area contributed by atoms with E-state index in [2.05, 4.69) is 55.5 Å². The molecule has 0 spiro atoms. The number of allylic oxidation sites excluding steroid dienone is 17. The second-order valence-electron chi connectivity index (χ2n) is 15.9. The molecule has 0 fully saturated rings. The van der Waals surface area contributed by atoms with Crippen LogP contribution in [-0.4, -0.2) is 104 Å². The summed E-state index contributed by atoms with van der Waals surface area (Å²) in [5.74, 6) is -1.28. The summed E-state index contributed by atoms with van der Waals surface area (Å²) in [4.78, 5) is 37.6. The van der Waals surface area contributed by atoms with E-state index in [9.17, 15) is 34.4 Å². The number of unbranched alkanes of at least 4 members (excludes halogenated alkanes) is 3. The molecule has 0 aliphatic carbocycles. The smallest absolute Gasteiger partial charge is 0.306 e. The normalized spacial score (nSPS) is 16.1. The molecule has 5 atom stereocenters. The van der Waals surface area contributed by atoms with Crippen molar-refractivity contribution < 1.29 is 57.4 Å². The fraction of sp³-hybridized carbons (Fsp3) is 0.560. The quantitative estimate of drug-likeness (QED) is 0.0135. The van der Waals surface area contributed by atoms with E-state index in [-0.39, 0.29) is 32.3 Å². The van der Waals surface area contributed by atoms with Crippen LogP contribution in [-0.2, 0) is 32.7 Å². The van der Waals surface area contributed by atoms with E-state index in [0.717, 1.165) is 38.5 Å². The highest BCUT2D eigenvalue weighted by molar-refractivity contribution is 7.45. The number of likely N-dealkylation sites (N-methyl/N-ethyl adjacent to an activating group) is 1. The molecule has 0 amide bonds. The van der Waals surface area contributed by atoms with Gasteiger partial charge in [0.2, 0.25) is 0 Å². The number of carbonyl (C=O) groups excluding carboxylic acids is 2. The lowest BCUT2D eigenvalue weighted by Crippen LogP contribution is -2.37. The van der Waals surface area contributed by atoms with E-state index in [0.29, 0.717) is 23.9 Å². The van der Waals surface area contributed by atoms with Crippen LogP contribution in [0.15, 0.2) is 122 Å². The highest BCUT2D eigenvalue weighted by Gasteiger charge is 2.22. The van der Waals surface area contributed by atoms with Crippen LogP contribution in [0.3, 0.4) is 0 Å². The van der Waals surface area contributed by atoms with E-state index in [1.54, 1.807) is 42.5 Å². The van der Waals surface area contributed by atoms with Crippen molar-refractivity contribution in [3.63, 3.8) is 0 Å². The van der Waals surface area contributed by atoms with Gasteiger partial charge >= 0.3 is 11.9 Å². The van der Waals surface area contributed by atoms with Gasteiger partial charge in [-0.15, -0.1) is 0 Å². The summed E-state index contributed by atoms with van der Waals surface area (Å²) in [6.45, 7) is 3.48. The predicted octanol–water partition coefficient (Wildman–Crippen LogP) is 9.19. The van der Waals surface area contributed by atoms with Gasteiger partial charge in [0.15, 0.2) is 6.10 Å². The molecule has 0 aliphatic heterocycles. The number of hydrogen-bond acceptors (Lipinski definition) is 11. The number of rotatable bonds is 38. The first-order chi connectivity index (χ1) is 30.2. The number of phosphoric acid groups is 1. The number of esters is 2. The van der Waals surface area contributed by atoms with Crippen molar-refractivity contribution in [2.45, 2.75) is 135 Å². The number of aliphatic hydroxyl groups is 3. The number of phosphoric ester groups is 1. The largest absolute Gasteiger partial charge is 0.756 e. The van der Waals surface area contributed by atoms with Crippen molar-refractivity contribution in [1.82, 2.24) is 0 Å². The van der Waals surface area contributed by atoms with Crippen molar-refractivity contribution in [3.05, 3.63) is 122 Å². The van der Waals surface area contributed by atoms with Crippen LogP contribution in [0.1, 0.15) is 110 Å². The van der Waals surface area contributed by atoms with Crippen molar-refractivity contribution >= 4 is 19.8 Å².